The van der Waals surface area contributed by atoms with E-state index in [1.807, 2.05) is 0 Å². The van der Waals surface area contributed by atoms with Gasteiger partial charge in [-0.3, -0.25) is 4.79 Å². The maximum absolute atomic E-state index is 12.7. The van der Waals surface area contributed by atoms with Crippen molar-refractivity contribution in [2.24, 2.45) is 0 Å². The molecular formula is C12H10F3NO. The second-order valence-electron chi connectivity index (χ2n) is 3.98. The minimum atomic E-state index is -4.55. The van der Waals surface area contributed by atoms with Gasteiger partial charge in [-0.1, -0.05) is 12.1 Å². The van der Waals surface area contributed by atoms with Crippen LogP contribution in [-0.2, 0) is 6.18 Å². The predicted molar refractivity (Wildman–Crippen MR) is 58.2 cm³/mol. The number of benzene rings is 1. The smallest absolute Gasteiger partial charge is 0.350 e. The number of rotatable bonds is 1. The van der Waals surface area contributed by atoms with Crippen LogP contribution in [0.15, 0.2) is 12.1 Å². The molecule has 0 bridgehead atoms. The molecule has 1 heterocycles. The zero-order chi connectivity index (χ0) is 12.8. The highest BCUT2D eigenvalue weighted by Crippen LogP contribution is 2.36. The lowest BCUT2D eigenvalue weighted by Crippen LogP contribution is -2.08. The fraction of sp³-hybridized carbons (Fsp3) is 0.250. The summed E-state index contributed by atoms with van der Waals surface area (Å²) in [7, 11) is 0. The van der Waals surface area contributed by atoms with Crippen molar-refractivity contribution in [3.05, 3.63) is 34.5 Å². The molecule has 2 aromatic rings. The molecule has 0 spiro atoms. The molecule has 0 amide bonds. The van der Waals surface area contributed by atoms with Gasteiger partial charge in [0.05, 0.1) is 5.56 Å². The molecule has 17 heavy (non-hydrogen) atoms. The van der Waals surface area contributed by atoms with Crippen molar-refractivity contribution in [3.63, 3.8) is 0 Å². The van der Waals surface area contributed by atoms with Crippen LogP contribution in [0, 0.1) is 13.8 Å². The van der Waals surface area contributed by atoms with Crippen molar-refractivity contribution in [1.82, 2.24) is 4.98 Å². The Labute approximate surface area is 95.4 Å². The molecule has 0 atom stereocenters. The Bertz CT molecular complexity index is 596. The van der Waals surface area contributed by atoms with Gasteiger partial charge in [0.15, 0.2) is 6.29 Å². The minimum Gasteiger partial charge on any atom is -0.350 e. The average molecular weight is 241 g/mol. The second-order valence-corrected chi connectivity index (χ2v) is 3.98. The SMILES string of the molecule is Cc1ccc(C)c2c(C=O)c(C(F)(F)F)[nH]c12. The summed E-state index contributed by atoms with van der Waals surface area (Å²) < 4.78 is 38.2. The van der Waals surface area contributed by atoms with Gasteiger partial charge in [0.2, 0.25) is 0 Å². The largest absolute Gasteiger partial charge is 0.431 e. The zero-order valence-electron chi connectivity index (χ0n) is 9.27. The second kappa shape index (κ2) is 3.61. The Kier molecular flexibility index (Phi) is 2.49. The van der Waals surface area contributed by atoms with Crippen molar-refractivity contribution < 1.29 is 18.0 Å². The van der Waals surface area contributed by atoms with Crippen molar-refractivity contribution in [2.45, 2.75) is 20.0 Å². The molecule has 0 aliphatic rings. The third kappa shape index (κ3) is 1.71. The number of hydrogen-bond donors (Lipinski definition) is 1. The lowest BCUT2D eigenvalue weighted by Gasteiger charge is -2.03. The fourth-order valence-corrected chi connectivity index (χ4v) is 1.98. The Morgan fingerprint density at radius 3 is 2.29 bits per heavy atom. The quantitative estimate of drug-likeness (QED) is 0.760. The number of halogens is 3. The van der Waals surface area contributed by atoms with Gasteiger partial charge in [-0.2, -0.15) is 13.2 Å². The number of carbonyl (C=O) groups excluding carboxylic acids is 1. The van der Waals surface area contributed by atoms with Crippen LogP contribution in [0.2, 0.25) is 0 Å². The highest BCUT2D eigenvalue weighted by Gasteiger charge is 2.36. The number of carbonyl (C=O) groups is 1. The summed E-state index contributed by atoms with van der Waals surface area (Å²) in [6.45, 7) is 3.38. The van der Waals surface area contributed by atoms with Crippen LogP contribution in [0.5, 0.6) is 0 Å². The van der Waals surface area contributed by atoms with E-state index in [0.717, 1.165) is 0 Å². The number of alkyl halides is 3. The first kappa shape index (κ1) is 11.7. The van der Waals surface area contributed by atoms with E-state index in [1.54, 1.807) is 26.0 Å². The Hall–Kier alpha value is -1.78. The standard InChI is InChI=1S/C12H10F3NO/c1-6-3-4-7(2)10-9(6)8(5-17)11(16-10)12(13,14)15/h3-5,16H,1-2H3. The molecule has 5 heteroatoms. The van der Waals surface area contributed by atoms with E-state index >= 15 is 0 Å². The van der Waals surface area contributed by atoms with Gasteiger partial charge < -0.3 is 4.98 Å². The molecule has 1 aromatic heterocycles. The number of aryl methyl sites for hydroxylation is 2. The molecule has 2 rings (SSSR count). The van der Waals surface area contributed by atoms with Crippen LogP contribution in [-0.4, -0.2) is 11.3 Å². The lowest BCUT2D eigenvalue weighted by atomic mass is 10.0. The van der Waals surface area contributed by atoms with Crippen LogP contribution in [0.1, 0.15) is 27.2 Å². The number of aldehydes is 1. The van der Waals surface area contributed by atoms with E-state index < -0.39 is 11.9 Å². The Morgan fingerprint density at radius 2 is 1.76 bits per heavy atom. The Morgan fingerprint density at radius 1 is 1.18 bits per heavy atom. The van der Waals surface area contributed by atoms with Gasteiger partial charge in [-0.15, -0.1) is 0 Å². The number of H-pyrrole nitrogens is 1. The first-order valence-electron chi connectivity index (χ1n) is 5.00. The lowest BCUT2D eigenvalue weighted by molar-refractivity contribution is -0.140. The summed E-state index contributed by atoms with van der Waals surface area (Å²) in [6, 6.07) is 3.43. The first-order valence-corrected chi connectivity index (χ1v) is 5.00. The molecular weight excluding hydrogens is 231 g/mol. The summed E-state index contributed by atoms with van der Waals surface area (Å²) in [4.78, 5) is 13.2. The molecule has 1 aromatic carbocycles. The highest BCUT2D eigenvalue weighted by atomic mass is 19.4. The molecule has 1 N–H and O–H groups in total. The average Bonchev–Trinajstić information content (AvgIpc) is 2.63. The summed E-state index contributed by atoms with van der Waals surface area (Å²) in [5.41, 5.74) is 0.427. The van der Waals surface area contributed by atoms with Gasteiger partial charge >= 0.3 is 6.18 Å². The van der Waals surface area contributed by atoms with E-state index in [0.29, 0.717) is 22.0 Å². The maximum atomic E-state index is 12.7. The summed E-state index contributed by atoms with van der Waals surface area (Å²) >= 11 is 0. The van der Waals surface area contributed by atoms with E-state index in [4.69, 9.17) is 0 Å². The molecule has 0 aliphatic heterocycles. The maximum Gasteiger partial charge on any atom is 0.431 e. The van der Waals surface area contributed by atoms with Crippen LogP contribution >= 0.6 is 0 Å². The molecule has 0 fully saturated rings. The van der Waals surface area contributed by atoms with Crippen LogP contribution in [0.4, 0.5) is 13.2 Å². The monoisotopic (exact) mass is 241 g/mol. The van der Waals surface area contributed by atoms with Crippen molar-refractivity contribution >= 4 is 17.2 Å². The number of aromatic nitrogens is 1. The van der Waals surface area contributed by atoms with Crippen LogP contribution in [0.3, 0.4) is 0 Å². The fourth-order valence-electron chi connectivity index (χ4n) is 1.98. The first-order chi connectivity index (χ1) is 7.86. The van der Waals surface area contributed by atoms with Crippen molar-refractivity contribution in [3.8, 4) is 0 Å². The third-order valence-electron chi connectivity index (χ3n) is 2.81. The van der Waals surface area contributed by atoms with E-state index in [2.05, 4.69) is 4.98 Å². The number of aromatic amines is 1. The van der Waals surface area contributed by atoms with E-state index in [9.17, 15) is 18.0 Å². The van der Waals surface area contributed by atoms with E-state index in [-0.39, 0.29) is 11.8 Å². The summed E-state index contributed by atoms with van der Waals surface area (Å²) in [5, 5.41) is 0.354. The normalized spacial score (nSPS) is 12.1. The van der Waals surface area contributed by atoms with Crippen LogP contribution in [0.25, 0.3) is 10.9 Å². The third-order valence-corrected chi connectivity index (χ3v) is 2.81. The summed E-state index contributed by atoms with van der Waals surface area (Å²) in [5.74, 6) is 0. The molecule has 90 valence electrons. The zero-order valence-corrected chi connectivity index (χ0v) is 9.27. The van der Waals surface area contributed by atoms with Gasteiger partial charge in [0.25, 0.3) is 0 Å². The minimum absolute atomic E-state index is 0.258. The molecule has 0 saturated heterocycles. The van der Waals surface area contributed by atoms with Crippen LogP contribution < -0.4 is 0 Å². The van der Waals surface area contributed by atoms with Gasteiger partial charge in [0, 0.05) is 10.9 Å². The predicted octanol–water partition coefficient (Wildman–Crippen LogP) is 3.62. The molecule has 0 aliphatic carbocycles. The van der Waals surface area contributed by atoms with E-state index in [1.165, 1.54) is 0 Å². The topological polar surface area (TPSA) is 32.9 Å². The highest BCUT2D eigenvalue weighted by molar-refractivity contribution is 6.02. The van der Waals surface area contributed by atoms with Gasteiger partial charge in [-0.05, 0) is 25.0 Å². The number of hydrogen-bond acceptors (Lipinski definition) is 1. The van der Waals surface area contributed by atoms with Gasteiger partial charge in [0.1, 0.15) is 5.69 Å². The van der Waals surface area contributed by atoms with Crippen molar-refractivity contribution in [1.29, 1.82) is 0 Å². The van der Waals surface area contributed by atoms with Gasteiger partial charge in [-0.25, -0.2) is 0 Å². The molecule has 2 nitrogen and oxygen atoms in total. The molecule has 0 saturated carbocycles. The van der Waals surface area contributed by atoms with Crippen molar-refractivity contribution in [2.75, 3.05) is 0 Å². The molecule has 0 radical (unpaired) electrons. The molecule has 0 unspecified atom stereocenters. The number of nitrogens with one attached hydrogen (secondary N) is 1. The number of fused-ring (bicyclic) bond motifs is 1. The summed E-state index contributed by atoms with van der Waals surface area (Å²) in [6.07, 6.45) is -4.29. The Balaban J connectivity index is 2.94.